The van der Waals surface area contributed by atoms with E-state index < -0.39 is 5.91 Å². The highest BCUT2D eigenvalue weighted by atomic mass is 35.5. The number of hydrogen-bond donors (Lipinski definition) is 8. The number of amides is 1. The summed E-state index contributed by atoms with van der Waals surface area (Å²) in [5, 5.41) is 45.7. The summed E-state index contributed by atoms with van der Waals surface area (Å²) in [6.45, 7) is 11.2. The lowest BCUT2D eigenvalue weighted by atomic mass is 10.0. The largest absolute Gasteiger partial charge is 0.383 e. The van der Waals surface area contributed by atoms with E-state index in [4.69, 9.17) is 74.3 Å². The summed E-state index contributed by atoms with van der Waals surface area (Å²) in [5.74, 6) is 0.211. The number of aromatic nitrogens is 9. The first-order valence-corrected chi connectivity index (χ1v) is 32.9. The fraction of sp³-hybridized carbons (Fsp3) is 0.130. The number of benzene rings is 5. The number of aryl methyl sites for hydroxylation is 5. The van der Waals surface area contributed by atoms with Gasteiger partial charge in [-0.05, 0) is 166 Å². The number of ketones is 2. The molecule has 0 saturated heterocycles. The van der Waals surface area contributed by atoms with Gasteiger partial charge in [-0.3, -0.25) is 14.4 Å². The fourth-order valence-corrected chi connectivity index (χ4v) is 11.2. The van der Waals surface area contributed by atoms with E-state index in [-0.39, 0.29) is 11.6 Å². The minimum atomic E-state index is -0.519. The van der Waals surface area contributed by atoms with Gasteiger partial charge in [0.05, 0.1) is 90.5 Å². The van der Waals surface area contributed by atoms with Crippen LogP contribution in [0.1, 0.15) is 88.3 Å². The number of allylic oxidation sites excluding steroid dienone is 1. The van der Waals surface area contributed by atoms with Gasteiger partial charge in [-0.25, -0.2) is 19.9 Å². The maximum Gasteiger partial charge on any atom is 0.250 e. The molecule has 7 heterocycles. The van der Waals surface area contributed by atoms with Crippen molar-refractivity contribution >= 4 is 87.4 Å². The summed E-state index contributed by atoms with van der Waals surface area (Å²) in [6, 6.07) is 48.2. The molecule has 0 bridgehead atoms. The molecular weight excluding hydrogens is 1390 g/mol. The number of nitrogens with two attached hydrogens (primary N) is 1. The van der Waals surface area contributed by atoms with Crippen LogP contribution < -0.4 is 16.4 Å². The number of halogens is 5. The van der Waals surface area contributed by atoms with Crippen LogP contribution in [-0.4, -0.2) is 95.4 Å². The van der Waals surface area contributed by atoms with Gasteiger partial charge in [0, 0.05) is 119 Å². The topological polar surface area (TPSA) is 330 Å². The van der Waals surface area contributed by atoms with Gasteiger partial charge in [-0.2, -0.15) is 21.0 Å². The smallest absolute Gasteiger partial charge is 0.250 e. The lowest BCUT2D eigenvalue weighted by Gasteiger charge is -2.06. The van der Waals surface area contributed by atoms with Crippen molar-refractivity contribution in [3.8, 4) is 103 Å². The second kappa shape index (κ2) is 34.7. The fourth-order valence-electron chi connectivity index (χ4n) is 10.3. The first-order chi connectivity index (χ1) is 48.8. The van der Waals surface area contributed by atoms with Crippen LogP contribution >= 0.6 is 58.0 Å². The van der Waals surface area contributed by atoms with Gasteiger partial charge in [-0.1, -0.05) is 88.3 Å². The van der Waals surface area contributed by atoms with E-state index in [0.717, 1.165) is 72.7 Å². The number of aromatic amines is 5. The number of nitriles is 4. The molecule has 0 aliphatic carbocycles. The molecule has 9 N–H and O–H groups in total. The Morgan fingerprint density at radius 1 is 0.471 bits per heavy atom. The average Bonchev–Trinajstić information content (AvgIpc) is 1.66. The van der Waals surface area contributed by atoms with Crippen molar-refractivity contribution in [1.82, 2.24) is 49.8 Å². The Hall–Kier alpha value is -12.0. The first-order valence-electron chi connectivity index (χ1n) is 31.0. The zero-order chi connectivity index (χ0) is 74.1. The summed E-state index contributed by atoms with van der Waals surface area (Å²) in [7, 11) is 7.17. The van der Waals surface area contributed by atoms with E-state index in [0.29, 0.717) is 110 Å². The van der Waals surface area contributed by atoms with Gasteiger partial charge >= 0.3 is 0 Å². The second-order valence-electron chi connectivity index (χ2n) is 23.0. The van der Waals surface area contributed by atoms with Crippen molar-refractivity contribution in [1.29, 1.82) is 21.0 Å². The number of nitrogens with one attached hydrogen (secondary N) is 7. The number of H-pyrrole nitrogens is 5. The zero-order valence-corrected chi connectivity index (χ0v) is 60.6. The quantitative estimate of drug-likeness (QED) is 0.0371. The molecule has 7 aromatic heterocycles. The van der Waals surface area contributed by atoms with E-state index in [9.17, 15) is 24.9 Å². The number of carbonyl (C=O) groups excluding carboxylic acids is 3. The van der Waals surface area contributed by atoms with Gasteiger partial charge in [-0.15, -0.1) is 0 Å². The minimum absolute atomic E-state index is 0.0996. The molecule has 0 aliphatic heterocycles. The van der Waals surface area contributed by atoms with Crippen molar-refractivity contribution in [3.05, 3.63) is 256 Å². The van der Waals surface area contributed by atoms with Gasteiger partial charge in [0.15, 0.2) is 5.78 Å². The summed E-state index contributed by atoms with van der Waals surface area (Å²) < 4.78 is 0. The van der Waals surface area contributed by atoms with Crippen molar-refractivity contribution in [2.75, 3.05) is 38.8 Å². The molecule has 0 fully saturated rings. The number of Topliss-reactive ketones (excluding diaryl/α,β-unsaturated/α-hetero) is 1. The highest BCUT2D eigenvalue weighted by Gasteiger charge is 2.21. The van der Waals surface area contributed by atoms with Crippen LogP contribution in [0.3, 0.4) is 0 Å². The molecule has 0 radical (unpaired) electrons. The van der Waals surface area contributed by atoms with Crippen LogP contribution in [0.4, 0.5) is 11.9 Å². The molecule has 1 amide bonds. The molecule has 0 spiro atoms. The molecule has 0 saturated carbocycles. The molecule has 12 aromatic rings. The van der Waals surface area contributed by atoms with Crippen LogP contribution in [0.2, 0.25) is 25.1 Å². The minimum Gasteiger partial charge on any atom is -0.383 e. The summed E-state index contributed by atoms with van der Waals surface area (Å²) in [5.41, 5.74) is 24.5. The Balaban J connectivity index is 0.000000163. The van der Waals surface area contributed by atoms with Gasteiger partial charge in [0.25, 0.3) is 5.91 Å². The number of rotatable bonds is 14. The van der Waals surface area contributed by atoms with Crippen LogP contribution in [0.15, 0.2) is 164 Å². The number of anilines is 2. The number of hydrogen-bond acceptors (Lipinski definition) is 14. The molecule has 512 valence electrons. The molecule has 102 heavy (non-hydrogen) atoms. The van der Waals surface area contributed by atoms with E-state index >= 15 is 0 Å². The summed E-state index contributed by atoms with van der Waals surface area (Å²) in [4.78, 5) is 69.7. The van der Waals surface area contributed by atoms with Crippen molar-refractivity contribution < 1.29 is 14.4 Å². The second-order valence-corrected chi connectivity index (χ2v) is 25.2. The molecule has 0 atom stereocenters. The molecule has 0 unspecified atom stereocenters. The lowest BCUT2D eigenvalue weighted by molar-refractivity contribution is 0.0995. The van der Waals surface area contributed by atoms with Crippen molar-refractivity contribution in [3.63, 3.8) is 0 Å². The Bertz CT molecular complexity index is 5320. The Morgan fingerprint density at radius 3 is 1.23 bits per heavy atom. The van der Waals surface area contributed by atoms with Crippen molar-refractivity contribution in [2.45, 2.75) is 41.5 Å². The van der Waals surface area contributed by atoms with Crippen LogP contribution in [0.25, 0.3) is 79.1 Å². The first kappa shape index (κ1) is 75.8. The summed E-state index contributed by atoms with van der Waals surface area (Å²) in [6.07, 6.45) is 8.20. The van der Waals surface area contributed by atoms with E-state index in [1.165, 1.54) is 13.0 Å². The molecule has 20 nitrogen and oxygen atoms in total. The van der Waals surface area contributed by atoms with Gasteiger partial charge < -0.3 is 46.2 Å². The van der Waals surface area contributed by atoms with Gasteiger partial charge in [0.1, 0.15) is 24.3 Å². The standard InChI is InChI=1S/C17H16ClN5O.C17H14ClN5.C17H16ClN3O.C14H11ClN2O.C12H9ClN2/c1-9-3-4-10(18)7-11(9)15-12(16(19)24)8-14(22-15)13-5-6-21-17(20-2)23-13;1-10-3-4-12(18)8-13(10)16-11(9-19)7-15(22-16)14-5-6-21-17(20-2)23-14;1-11-4-5-13(18)9-14(11)17-12(10-19)8-15(20-17)16(22)6-7-21(2)3;1-8-3-4-11(15)6-12(8)14-10(7-16)5-13(17-14)9(2)18;1-8-2-3-10(13)6-11(8)12-9(7-14)4-5-15-12/h3-8,22H,1-2H3,(H2,19,24)(H,20,21,23);3-8,22H,1-2H3,(H,20,21,23);4-9,20H,1-3H3;3-6,17H,1-2H3;2-6,15H,1H3/b;;7-6+;;. The zero-order valence-electron chi connectivity index (χ0n) is 56.8. The normalized spacial score (nSPS) is 10.4. The van der Waals surface area contributed by atoms with Gasteiger partial charge in [0.2, 0.25) is 17.7 Å². The molecule has 5 aromatic carbocycles. The monoisotopic (exact) mass is 1450 g/mol. The molecule has 12 rings (SSSR count). The number of carbonyl (C=O) groups is 3. The van der Waals surface area contributed by atoms with Crippen LogP contribution in [-0.2, 0) is 0 Å². The third-order valence-electron chi connectivity index (χ3n) is 15.6. The highest BCUT2D eigenvalue weighted by Crippen LogP contribution is 2.36. The molecule has 25 heteroatoms. The molecule has 0 aliphatic rings. The van der Waals surface area contributed by atoms with Crippen molar-refractivity contribution in [2.24, 2.45) is 5.73 Å². The average molecular weight is 1450 g/mol. The van der Waals surface area contributed by atoms with E-state index in [1.807, 2.05) is 103 Å². The summed E-state index contributed by atoms with van der Waals surface area (Å²) >= 11 is 30.1. The Morgan fingerprint density at radius 2 is 0.833 bits per heavy atom. The molecular formula is C77H66Cl5N17O3. The Labute approximate surface area is 614 Å². The SMILES string of the molecule is CC(=O)c1cc(C#N)c(-c2cc(Cl)ccc2C)[nH]1.CNc1nccc(-c2cc(C#N)c(-c3cc(Cl)ccc3C)[nH]2)n1.CNc1nccc(-c2cc(C(N)=O)c(-c3cc(Cl)ccc3C)[nH]2)n1.Cc1ccc(Cl)cc1-c1[nH]c(C(=O)/C=C/N(C)C)cc1C#N.Cc1ccc(Cl)cc1-c1[nH]ccc1C#N. The lowest BCUT2D eigenvalue weighted by Crippen LogP contribution is -2.11. The Kier molecular flexibility index (Phi) is 25.8. The van der Waals surface area contributed by atoms with E-state index in [2.05, 4.69) is 79.8 Å². The van der Waals surface area contributed by atoms with E-state index in [1.54, 1.807) is 123 Å². The number of nitrogens with zero attached hydrogens (tertiary/aromatic N) is 9. The third-order valence-corrected chi connectivity index (χ3v) is 16.8. The third kappa shape index (κ3) is 18.9. The maximum absolute atomic E-state index is 12.1. The highest BCUT2D eigenvalue weighted by molar-refractivity contribution is 6.32. The maximum atomic E-state index is 12.1. The van der Waals surface area contributed by atoms with Crippen LogP contribution in [0, 0.1) is 79.9 Å². The predicted molar refractivity (Wildman–Crippen MR) is 406 cm³/mol. The predicted octanol–water partition coefficient (Wildman–Crippen LogP) is 18.3. The number of primary amides is 1. The van der Waals surface area contributed by atoms with Crippen LogP contribution in [0.5, 0.6) is 0 Å².